The average Bonchev–Trinajstić information content (AvgIpc) is 2.42. The van der Waals surface area contributed by atoms with Crippen LogP contribution in [0.15, 0.2) is 42.5 Å². The van der Waals surface area contributed by atoms with Crippen LogP contribution in [-0.2, 0) is 6.42 Å². The summed E-state index contributed by atoms with van der Waals surface area (Å²) < 4.78 is 12.2. The van der Waals surface area contributed by atoms with Gasteiger partial charge in [-0.3, -0.25) is 0 Å². The van der Waals surface area contributed by atoms with Gasteiger partial charge >= 0.3 is 0 Å². The monoisotopic (exact) mass is 280 g/mol. The quantitative estimate of drug-likeness (QED) is 0.803. The maximum atomic E-state index is 12.2. The van der Waals surface area contributed by atoms with Gasteiger partial charge in [0.05, 0.1) is 16.4 Å². The molecule has 0 spiro atoms. The van der Waals surface area contributed by atoms with Crippen molar-refractivity contribution >= 4 is 23.0 Å². The number of nitrogen functional groups attached to an aromatic ring is 1. The summed E-state index contributed by atoms with van der Waals surface area (Å²) >= 11 is 5.95. The van der Waals surface area contributed by atoms with Crippen LogP contribution in [0.2, 0.25) is 5.02 Å². The minimum atomic E-state index is -0.354. The molecule has 0 aromatic heterocycles. The van der Waals surface area contributed by atoms with Crippen LogP contribution < -0.4 is 11.1 Å². The van der Waals surface area contributed by atoms with Gasteiger partial charge in [-0.15, -0.1) is 0 Å². The number of anilines is 2. The number of nitrogens with two attached hydrogens (primary N) is 1. The Bertz CT molecular complexity index is 508. The SMILES string of the molecule is CCc1ccc(NC)c(Cl)c1.Nc1ccccc1F. The molecule has 0 atom stereocenters. The van der Waals surface area contributed by atoms with Crippen LogP contribution in [0.3, 0.4) is 0 Å². The Morgan fingerprint density at radius 1 is 1.21 bits per heavy atom. The fourth-order valence-corrected chi connectivity index (χ4v) is 1.75. The number of benzene rings is 2. The highest BCUT2D eigenvalue weighted by atomic mass is 35.5. The van der Waals surface area contributed by atoms with Crippen molar-refractivity contribution in [1.82, 2.24) is 0 Å². The van der Waals surface area contributed by atoms with E-state index in [0.29, 0.717) is 0 Å². The first-order chi connectivity index (χ1) is 9.08. The summed E-state index contributed by atoms with van der Waals surface area (Å²) in [5, 5.41) is 3.81. The third-order valence-corrected chi connectivity index (χ3v) is 2.93. The molecule has 2 aromatic carbocycles. The first kappa shape index (κ1) is 15.3. The molecule has 0 saturated carbocycles. The predicted octanol–water partition coefficient (Wildman–Crippen LogP) is 4.35. The molecule has 0 aliphatic carbocycles. The number of aryl methyl sites for hydroxylation is 1. The molecular formula is C15H18ClFN2. The zero-order chi connectivity index (χ0) is 14.3. The Labute approximate surface area is 118 Å². The molecule has 2 nitrogen and oxygen atoms in total. The standard InChI is InChI=1S/C9H12ClN.C6H6FN/c1-3-7-4-5-9(11-2)8(10)6-7;7-5-3-1-2-4-6(5)8/h4-6,11H,3H2,1-2H3;1-4H,8H2. The molecule has 0 bridgehead atoms. The Morgan fingerprint density at radius 2 is 1.89 bits per heavy atom. The van der Waals surface area contributed by atoms with Crippen molar-refractivity contribution in [1.29, 1.82) is 0 Å². The summed E-state index contributed by atoms with van der Waals surface area (Å²) in [6, 6.07) is 12.2. The van der Waals surface area contributed by atoms with Crippen LogP contribution in [-0.4, -0.2) is 7.05 Å². The maximum absolute atomic E-state index is 12.2. The summed E-state index contributed by atoms with van der Waals surface area (Å²) in [6.07, 6.45) is 1.03. The van der Waals surface area contributed by atoms with Crippen molar-refractivity contribution in [3.8, 4) is 0 Å². The average molecular weight is 281 g/mol. The van der Waals surface area contributed by atoms with Gasteiger partial charge in [0.25, 0.3) is 0 Å². The first-order valence-electron chi connectivity index (χ1n) is 6.04. The van der Waals surface area contributed by atoms with Gasteiger partial charge in [0, 0.05) is 7.05 Å². The molecular weight excluding hydrogens is 263 g/mol. The summed E-state index contributed by atoms with van der Waals surface area (Å²) in [5.41, 5.74) is 7.61. The molecule has 0 aliphatic rings. The molecule has 3 N–H and O–H groups in total. The zero-order valence-corrected chi connectivity index (χ0v) is 11.8. The molecule has 0 radical (unpaired) electrons. The van der Waals surface area contributed by atoms with Crippen LogP contribution in [0.25, 0.3) is 0 Å². The van der Waals surface area contributed by atoms with Crippen LogP contribution in [0.1, 0.15) is 12.5 Å². The highest BCUT2D eigenvalue weighted by Crippen LogP contribution is 2.22. The Morgan fingerprint density at radius 3 is 2.32 bits per heavy atom. The molecule has 0 aliphatic heterocycles. The van der Waals surface area contributed by atoms with Gasteiger partial charge in [-0.1, -0.05) is 36.7 Å². The van der Waals surface area contributed by atoms with Crippen molar-refractivity contribution in [2.45, 2.75) is 13.3 Å². The Kier molecular flexibility index (Phi) is 6.16. The van der Waals surface area contributed by atoms with E-state index in [9.17, 15) is 4.39 Å². The fourth-order valence-electron chi connectivity index (χ4n) is 1.46. The molecule has 0 heterocycles. The molecule has 0 fully saturated rings. The highest BCUT2D eigenvalue weighted by molar-refractivity contribution is 6.33. The minimum absolute atomic E-state index is 0.201. The topological polar surface area (TPSA) is 38.0 Å². The normalized spacial score (nSPS) is 9.47. The largest absolute Gasteiger partial charge is 0.396 e. The van der Waals surface area contributed by atoms with Gasteiger partial charge in [0.1, 0.15) is 5.82 Å². The second kappa shape index (κ2) is 7.64. The molecule has 2 aromatic rings. The van der Waals surface area contributed by atoms with E-state index in [2.05, 4.69) is 18.3 Å². The lowest BCUT2D eigenvalue weighted by Crippen LogP contribution is -1.89. The van der Waals surface area contributed by atoms with E-state index in [4.69, 9.17) is 17.3 Å². The Balaban J connectivity index is 0.000000200. The van der Waals surface area contributed by atoms with Crippen LogP contribution in [0, 0.1) is 5.82 Å². The van der Waals surface area contributed by atoms with Gasteiger partial charge in [-0.2, -0.15) is 0 Å². The minimum Gasteiger partial charge on any atom is -0.396 e. The van der Waals surface area contributed by atoms with E-state index in [1.165, 1.54) is 17.7 Å². The maximum Gasteiger partial charge on any atom is 0.146 e. The number of halogens is 2. The lowest BCUT2D eigenvalue weighted by atomic mass is 10.1. The first-order valence-corrected chi connectivity index (χ1v) is 6.42. The molecule has 19 heavy (non-hydrogen) atoms. The van der Waals surface area contributed by atoms with E-state index in [1.54, 1.807) is 12.1 Å². The van der Waals surface area contributed by atoms with Crippen LogP contribution >= 0.6 is 11.6 Å². The third kappa shape index (κ3) is 4.79. The number of para-hydroxylation sites is 1. The molecule has 0 saturated heterocycles. The van der Waals surface area contributed by atoms with Crippen molar-refractivity contribution in [3.63, 3.8) is 0 Å². The van der Waals surface area contributed by atoms with E-state index < -0.39 is 0 Å². The number of nitrogens with one attached hydrogen (secondary N) is 1. The number of hydrogen-bond donors (Lipinski definition) is 2. The van der Waals surface area contributed by atoms with E-state index in [0.717, 1.165) is 17.1 Å². The van der Waals surface area contributed by atoms with Gasteiger partial charge in [0.2, 0.25) is 0 Å². The smallest absolute Gasteiger partial charge is 0.146 e. The third-order valence-electron chi connectivity index (χ3n) is 2.62. The number of hydrogen-bond acceptors (Lipinski definition) is 2. The van der Waals surface area contributed by atoms with Gasteiger partial charge in [0.15, 0.2) is 0 Å². The van der Waals surface area contributed by atoms with Crippen LogP contribution in [0.4, 0.5) is 15.8 Å². The zero-order valence-electron chi connectivity index (χ0n) is 11.1. The van der Waals surface area contributed by atoms with Crippen LogP contribution in [0.5, 0.6) is 0 Å². The second-order valence-corrected chi connectivity index (χ2v) is 4.35. The van der Waals surface area contributed by atoms with Gasteiger partial charge in [-0.25, -0.2) is 4.39 Å². The van der Waals surface area contributed by atoms with Gasteiger partial charge in [-0.05, 0) is 36.2 Å². The van der Waals surface area contributed by atoms with Crippen molar-refractivity contribution < 1.29 is 4.39 Å². The fraction of sp³-hybridized carbons (Fsp3) is 0.200. The summed E-state index contributed by atoms with van der Waals surface area (Å²) in [7, 11) is 1.87. The molecule has 0 unspecified atom stereocenters. The van der Waals surface area contributed by atoms with Crippen molar-refractivity contribution in [2.75, 3.05) is 18.1 Å². The summed E-state index contributed by atoms with van der Waals surface area (Å²) in [4.78, 5) is 0. The van der Waals surface area contributed by atoms with Crippen molar-refractivity contribution in [3.05, 3.63) is 58.9 Å². The molecule has 102 valence electrons. The van der Waals surface area contributed by atoms with E-state index in [1.807, 2.05) is 19.2 Å². The number of rotatable bonds is 2. The molecule has 4 heteroatoms. The molecule has 0 amide bonds. The molecule has 2 rings (SSSR count). The Hall–Kier alpha value is -1.74. The summed E-state index contributed by atoms with van der Waals surface area (Å²) in [6.45, 7) is 2.12. The predicted molar refractivity (Wildman–Crippen MR) is 81.2 cm³/mol. The summed E-state index contributed by atoms with van der Waals surface area (Å²) in [5.74, 6) is -0.354. The van der Waals surface area contributed by atoms with Gasteiger partial charge < -0.3 is 11.1 Å². The van der Waals surface area contributed by atoms with E-state index in [-0.39, 0.29) is 11.5 Å². The lowest BCUT2D eigenvalue weighted by molar-refractivity contribution is 0.632. The lowest BCUT2D eigenvalue weighted by Gasteiger charge is -2.04. The second-order valence-electron chi connectivity index (χ2n) is 3.94. The van der Waals surface area contributed by atoms with E-state index >= 15 is 0 Å². The highest BCUT2D eigenvalue weighted by Gasteiger charge is 1.97. The van der Waals surface area contributed by atoms with Crippen molar-refractivity contribution in [2.24, 2.45) is 0 Å².